The van der Waals surface area contributed by atoms with Crippen molar-refractivity contribution in [2.45, 2.75) is 32.7 Å². The summed E-state index contributed by atoms with van der Waals surface area (Å²) in [5.41, 5.74) is 3.17. The van der Waals surface area contributed by atoms with Gasteiger partial charge in [0.1, 0.15) is 0 Å². The molecule has 18 heavy (non-hydrogen) atoms. The first-order valence-electron chi connectivity index (χ1n) is 6.63. The van der Waals surface area contributed by atoms with E-state index in [2.05, 4.69) is 24.2 Å². The molecule has 0 radical (unpaired) electrons. The van der Waals surface area contributed by atoms with E-state index in [0.717, 1.165) is 31.5 Å². The van der Waals surface area contributed by atoms with Crippen LogP contribution in [0.25, 0.3) is 0 Å². The van der Waals surface area contributed by atoms with Crippen molar-refractivity contribution in [3.63, 3.8) is 0 Å². The van der Waals surface area contributed by atoms with Gasteiger partial charge in [-0.3, -0.25) is 4.79 Å². The van der Waals surface area contributed by atoms with Crippen molar-refractivity contribution in [3.05, 3.63) is 34.9 Å². The number of aryl methyl sites for hydroxylation is 2. The van der Waals surface area contributed by atoms with Gasteiger partial charge in [-0.05, 0) is 70.1 Å². The second kappa shape index (κ2) is 5.53. The van der Waals surface area contributed by atoms with Crippen LogP contribution < -0.4 is 5.32 Å². The summed E-state index contributed by atoms with van der Waals surface area (Å²) in [5, 5.41) is 3.14. The second-order valence-electron chi connectivity index (χ2n) is 5.35. The van der Waals surface area contributed by atoms with Crippen molar-refractivity contribution < 1.29 is 4.79 Å². The van der Waals surface area contributed by atoms with E-state index in [0.29, 0.717) is 6.04 Å². The molecule has 1 aromatic rings. The molecule has 1 heterocycles. The van der Waals surface area contributed by atoms with Crippen molar-refractivity contribution in [1.82, 2.24) is 10.2 Å². The number of hydrogen-bond acceptors (Lipinski definition) is 2. The van der Waals surface area contributed by atoms with E-state index in [1.165, 1.54) is 11.1 Å². The van der Waals surface area contributed by atoms with Crippen LogP contribution in [0.2, 0.25) is 0 Å². The standard InChI is InChI=1S/C15H22N2O/c1-11-4-5-13(10-12(11)2)15(18)16-14-6-8-17(3)9-7-14/h4-5,10,14H,6-9H2,1-3H3,(H,16,18). The number of rotatable bonds is 2. The van der Waals surface area contributed by atoms with E-state index in [1.54, 1.807) is 0 Å². The molecule has 1 aromatic carbocycles. The van der Waals surface area contributed by atoms with Crippen molar-refractivity contribution >= 4 is 5.91 Å². The van der Waals surface area contributed by atoms with Gasteiger partial charge in [-0.15, -0.1) is 0 Å². The minimum Gasteiger partial charge on any atom is -0.349 e. The molecule has 0 unspecified atom stereocenters. The molecular formula is C15H22N2O. The van der Waals surface area contributed by atoms with Crippen LogP contribution in [-0.2, 0) is 0 Å². The predicted molar refractivity (Wildman–Crippen MR) is 73.9 cm³/mol. The minimum absolute atomic E-state index is 0.0626. The van der Waals surface area contributed by atoms with Gasteiger partial charge >= 0.3 is 0 Å². The maximum atomic E-state index is 12.1. The molecule has 98 valence electrons. The van der Waals surface area contributed by atoms with Crippen molar-refractivity contribution in [2.75, 3.05) is 20.1 Å². The molecule has 1 aliphatic rings. The van der Waals surface area contributed by atoms with Gasteiger partial charge in [0.25, 0.3) is 5.91 Å². The number of carbonyl (C=O) groups is 1. The zero-order chi connectivity index (χ0) is 13.1. The average Bonchev–Trinajstić information content (AvgIpc) is 2.35. The van der Waals surface area contributed by atoms with Gasteiger partial charge in [0.15, 0.2) is 0 Å². The Bertz CT molecular complexity index is 434. The minimum atomic E-state index is 0.0626. The van der Waals surface area contributed by atoms with Crippen LogP contribution in [0, 0.1) is 13.8 Å². The zero-order valence-corrected chi connectivity index (χ0v) is 11.5. The van der Waals surface area contributed by atoms with Crippen molar-refractivity contribution in [1.29, 1.82) is 0 Å². The quantitative estimate of drug-likeness (QED) is 0.867. The van der Waals surface area contributed by atoms with Gasteiger partial charge < -0.3 is 10.2 Å². The Kier molecular flexibility index (Phi) is 4.02. The van der Waals surface area contributed by atoms with E-state index < -0.39 is 0 Å². The Morgan fingerprint density at radius 1 is 1.22 bits per heavy atom. The molecule has 1 fully saturated rings. The highest BCUT2D eigenvalue weighted by Crippen LogP contribution is 2.12. The number of amides is 1. The van der Waals surface area contributed by atoms with Gasteiger partial charge in [0.05, 0.1) is 0 Å². The number of benzene rings is 1. The molecule has 2 rings (SSSR count). The number of hydrogen-bond donors (Lipinski definition) is 1. The largest absolute Gasteiger partial charge is 0.349 e. The van der Waals surface area contributed by atoms with Gasteiger partial charge in [0.2, 0.25) is 0 Å². The van der Waals surface area contributed by atoms with E-state index in [9.17, 15) is 4.79 Å². The first-order valence-corrected chi connectivity index (χ1v) is 6.63. The average molecular weight is 246 g/mol. The molecule has 0 spiro atoms. The normalized spacial score (nSPS) is 17.7. The summed E-state index contributed by atoms with van der Waals surface area (Å²) >= 11 is 0. The van der Waals surface area contributed by atoms with Crippen molar-refractivity contribution in [3.8, 4) is 0 Å². The lowest BCUT2D eigenvalue weighted by atomic mass is 10.0. The Morgan fingerprint density at radius 2 is 1.89 bits per heavy atom. The third-order valence-electron chi connectivity index (χ3n) is 3.82. The molecule has 1 aliphatic heterocycles. The molecule has 3 nitrogen and oxygen atoms in total. The van der Waals surface area contributed by atoms with Crippen LogP contribution >= 0.6 is 0 Å². The Balaban J connectivity index is 1.97. The summed E-state index contributed by atoms with van der Waals surface area (Å²) < 4.78 is 0. The first kappa shape index (κ1) is 13.1. The predicted octanol–water partition coefficient (Wildman–Crippen LogP) is 2.13. The molecule has 1 saturated heterocycles. The van der Waals surface area contributed by atoms with Gasteiger partial charge in [-0.2, -0.15) is 0 Å². The highest BCUT2D eigenvalue weighted by molar-refractivity contribution is 5.94. The lowest BCUT2D eigenvalue weighted by Crippen LogP contribution is -2.43. The summed E-state index contributed by atoms with van der Waals surface area (Å²) in [7, 11) is 2.13. The SMILES string of the molecule is Cc1ccc(C(=O)NC2CCN(C)CC2)cc1C. The Labute approximate surface area is 109 Å². The van der Waals surface area contributed by atoms with Crippen LogP contribution in [0.1, 0.15) is 34.3 Å². The van der Waals surface area contributed by atoms with E-state index in [4.69, 9.17) is 0 Å². The smallest absolute Gasteiger partial charge is 0.251 e. The third kappa shape index (κ3) is 3.10. The number of likely N-dealkylation sites (tertiary alicyclic amines) is 1. The molecule has 0 bridgehead atoms. The summed E-state index contributed by atoms with van der Waals surface area (Å²) in [6.45, 7) is 6.24. The highest BCUT2D eigenvalue weighted by Gasteiger charge is 2.19. The van der Waals surface area contributed by atoms with Crippen LogP contribution in [0.4, 0.5) is 0 Å². The van der Waals surface area contributed by atoms with Crippen LogP contribution in [0.5, 0.6) is 0 Å². The van der Waals surface area contributed by atoms with E-state index in [-0.39, 0.29) is 5.91 Å². The second-order valence-corrected chi connectivity index (χ2v) is 5.35. The Morgan fingerprint density at radius 3 is 2.50 bits per heavy atom. The van der Waals surface area contributed by atoms with E-state index in [1.807, 2.05) is 25.1 Å². The maximum absolute atomic E-state index is 12.1. The number of piperidine rings is 1. The molecule has 3 heteroatoms. The molecule has 1 amide bonds. The topological polar surface area (TPSA) is 32.3 Å². The lowest BCUT2D eigenvalue weighted by Gasteiger charge is -2.29. The number of nitrogens with zero attached hydrogens (tertiary/aromatic N) is 1. The van der Waals surface area contributed by atoms with Gasteiger partial charge in [0, 0.05) is 11.6 Å². The summed E-state index contributed by atoms with van der Waals surface area (Å²) in [6.07, 6.45) is 2.10. The third-order valence-corrected chi connectivity index (χ3v) is 3.82. The Hall–Kier alpha value is -1.35. The number of carbonyl (C=O) groups excluding carboxylic acids is 1. The van der Waals surface area contributed by atoms with Crippen LogP contribution in [0.3, 0.4) is 0 Å². The van der Waals surface area contributed by atoms with Crippen molar-refractivity contribution in [2.24, 2.45) is 0 Å². The molecule has 0 saturated carbocycles. The summed E-state index contributed by atoms with van der Waals surface area (Å²) in [5.74, 6) is 0.0626. The van der Waals surface area contributed by atoms with Crippen LogP contribution in [0.15, 0.2) is 18.2 Å². The van der Waals surface area contributed by atoms with Crippen LogP contribution in [-0.4, -0.2) is 37.0 Å². The fraction of sp³-hybridized carbons (Fsp3) is 0.533. The number of nitrogens with one attached hydrogen (secondary N) is 1. The summed E-state index contributed by atoms with van der Waals surface area (Å²) in [6, 6.07) is 6.22. The monoisotopic (exact) mass is 246 g/mol. The summed E-state index contributed by atoms with van der Waals surface area (Å²) in [4.78, 5) is 14.4. The molecule has 1 N–H and O–H groups in total. The fourth-order valence-corrected chi connectivity index (χ4v) is 2.30. The molecule has 0 atom stereocenters. The zero-order valence-electron chi connectivity index (χ0n) is 11.5. The highest BCUT2D eigenvalue weighted by atomic mass is 16.1. The van der Waals surface area contributed by atoms with Gasteiger partial charge in [-0.1, -0.05) is 6.07 Å². The molecular weight excluding hydrogens is 224 g/mol. The molecule has 0 aliphatic carbocycles. The molecule has 0 aromatic heterocycles. The van der Waals surface area contributed by atoms with E-state index >= 15 is 0 Å². The fourth-order valence-electron chi connectivity index (χ4n) is 2.30. The first-order chi connectivity index (χ1) is 8.56. The lowest BCUT2D eigenvalue weighted by molar-refractivity contribution is 0.0917. The maximum Gasteiger partial charge on any atom is 0.251 e. The van der Waals surface area contributed by atoms with Gasteiger partial charge in [-0.25, -0.2) is 0 Å².